The number of hydrogen-bond acceptors (Lipinski definition) is 0. The van der Waals surface area contributed by atoms with E-state index in [9.17, 15) is 0 Å². The highest BCUT2D eigenvalue weighted by molar-refractivity contribution is 9.09. The van der Waals surface area contributed by atoms with Crippen LogP contribution < -0.4 is 0 Å². The van der Waals surface area contributed by atoms with Crippen LogP contribution in [-0.2, 0) is 0 Å². The fourth-order valence-electron chi connectivity index (χ4n) is 1.72. The second-order valence-corrected chi connectivity index (χ2v) is 3.76. The Morgan fingerprint density at radius 1 is 1.33 bits per heavy atom. The van der Waals surface area contributed by atoms with Gasteiger partial charge in [-0.15, -0.1) is 0 Å². The first-order chi connectivity index (χ1) is 5.83. The van der Waals surface area contributed by atoms with Gasteiger partial charge < -0.3 is 0 Å². The second-order valence-electron chi connectivity index (χ2n) is 3.20. The van der Waals surface area contributed by atoms with Crippen molar-refractivity contribution < 1.29 is 0 Å². The second kappa shape index (κ2) is 3.06. The van der Waals surface area contributed by atoms with E-state index in [2.05, 4.69) is 53.2 Å². The minimum Gasteiger partial charge on any atom is -0.0880 e. The van der Waals surface area contributed by atoms with Crippen molar-refractivity contribution in [3.05, 3.63) is 41.0 Å². The summed E-state index contributed by atoms with van der Waals surface area (Å²) in [7, 11) is 0. The Kier molecular flexibility index (Phi) is 2.05. The average molecular weight is 223 g/mol. The van der Waals surface area contributed by atoms with Crippen LogP contribution in [0.25, 0.3) is 6.08 Å². The summed E-state index contributed by atoms with van der Waals surface area (Å²) in [6.07, 6.45) is 2.29. The van der Waals surface area contributed by atoms with Gasteiger partial charge in [-0.25, -0.2) is 0 Å². The molecule has 0 saturated carbocycles. The van der Waals surface area contributed by atoms with Crippen LogP contribution in [0.4, 0.5) is 0 Å². The molecule has 1 unspecified atom stereocenters. The van der Waals surface area contributed by atoms with Crippen LogP contribution in [0.15, 0.2) is 29.8 Å². The Labute approximate surface area is 81.4 Å². The first kappa shape index (κ1) is 8.06. The maximum atomic E-state index is 3.51. The molecule has 0 amide bonds. The molecule has 1 heteroatoms. The third-order valence-electron chi connectivity index (χ3n) is 2.51. The predicted molar refractivity (Wildman–Crippen MR) is 56.6 cm³/mol. The van der Waals surface area contributed by atoms with Gasteiger partial charge in [-0.1, -0.05) is 58.8 Å². The standard InChI is InChI=1S/C11H11Br/c1-8-10(7-12)6-9-4-2-3-5-11(8)9/h2-6,8H,7H2,1H3. The van der Waals surface area contributed by atoms with Crippen LogP contribution in [0.3, 0.4) is 0 Å². The minimum atomic E-state index is 0.598. The Morgan fingerprint density at radius 2 is 2.08 bits per heavy atom. The van der Waals surface area contributed by atoms with Crippen molar-refractivity contribution in [2.75, 3.05) is 5.33 Å². The van der Waals surface area contributed by atoms with E-state index in [0.717, 1.165) is 5.33 Å². The molecule has 0 aromatic heterocycles. The lowest BCUT2D eigenvalue weighted by molar-refractivity contribution is 0.928. The monoisotopic (exact) mass is 222 g/mol. The number of alkyl halides is 1. The molecule has 0 radical (unpaired) electrons. The van der Waals surface area contributed by atoms with E-state index in [4.69, 9.17) is 0 Å². The van der Waals surface area contributed by atoms with Crippen molar-refractivity contribution >= 4 is 22.0 Å². The molecule has 1 aliphatic carbocycles. The zero-order valence-corrected chi connectivity index (χ0v) is 8.64. The van der Waals surface area contributed by atoms with Crippen molar-refractivity contribution in [3.63, 3.8) is 0 Å². The van der Waals surface area contributed by atoms with E-state index in [0.29, 0.717) is 5.92 Å². The summed E-state index contributed by atoms with van der Waals surface area (Å²) in [5, 5.41) is 0.989. The third kappa shape index (κ3) is 1.13. The number of allylic oxidation sites excluding steroid dienone is 1. The van der Waals surface area contributed by atoms with Crippen molar-refractivity contribution in [2.24, 2.45) is 0 Å². The van der Waals surface area contributed by atoms with E-state index < -0.39 is 0 Å². The summed E-state index contributed by atoms with van der Waals surface area (Å²) in [4.78, 5) is 0. The van der Waals surface area contributed by atoms with Gasteiger partial charge >= 0.3 is 0 Å². The quantitative estimate of drug-likeness (QED) is 0.638. The van der Waals surface area contributed by atoms with Gasteiger partial charge in [0, 0.05) is 11.2 Å². The van der Waals surface area contributed by atoms with Gasteiger partial charge in [-0.2, -0.15) is 0 Å². The van der Waals surface area contributed by atoms with Crippen LogP contribution in [0.2, 0.25) is 0 Å². The van der Waals surface area contributed by atoms with E-state index in [1.165, 1.54) is 16.7 Å². The Bertz CT molecular complexity index is 326. The highest BCUT2D eigenvalue weighted by Crippen LogP contribution is 2.36. The molecule has 62 valence electrons. The molecule has 2 rings (SSSR count). The molecule has 0 heterocycles. The number of hydrogen-bond donors (Lipinski definition) is 0. The molecule has 0 fully saturated rings. The van der Waals surface area contributed by atoms with E-state index in [1.54, 1.807) is 0 Å². The van der Waals surface area contributed by atoms with E-state index in [-0.39, 0.29) is 0 Å². The summed E-state index contributed by atoms with van der Waals surface area (Å²) >= 11 is 3.51. The molecule has 1 aromatic rings. The molecular weight excluding hydrogens is 212 g/mol. The molecule has 1 aliphatic rings. The summed E-state index contributed by atoms with van der Waals surface area (Å²) in [6, 6.07) is 8.60. The molecule has 0 bridgehead atoms. The first-order valence-corrected chi connectivity index (χ1v) is 5.30. The molecule has 0 spiro atoms. The largest absolute Gasteiger partial charge is 0.0880 e. The number of fused-ring (bicyclic) bond motifs is 1. The van der Waals surface area contributed by atoms with Crippen molar-refractivity contribution in [2.45, 2.75) is 12.8 Å². The van der Waals surface area contributed by atoms with Gasteiger partial charge in [-0.05, 0) is 11.1 Å². The SMILES string of the molecule is CC1C(CBr)=Cc2ccccc21. The normalized spacial score (nSPS) is 20.5. The maximum Gasteiger partial charge on any atom is 0.0251 e. The average Bonchev–Trinajstić information content (AvgIpc) is 2.44. The number of halogens is 1. The van der Waals surface area contributed by atoms with Crippen LogP contribution in [0, 0.1) is 0 Å². The lowest BCUT2D eigenvalue weighted by Crippen LogP contribution is -1.93. The summed E-state index contributed by atoms with van der Waals surface area (Å²) in [6.45, 7) is 2.26. The van der Waals surface area contributed by atoms with Crippen molar-refractivity contribution in [1.29, 1.82) is 0 Å². The summed E-state index contributed by atoms with van der Waals surface area (Å²) < 4.78 is 0. The lowest BCUT2D eigenvalue weighted by Gasteiger charge is -2.07. The van der Waals surface area contributed by atoms with E-state index in [1.807, 2.05) is 0 Å². The zero-order valence-electron chi connectivity index (χ0n) is 7.05. The van der Waals surface area contributed by atoms with E-state index >= 15 is 0 Å². The minimum absolute atomic E-state index is 0.598. The van der Waals surface area contributed by atoms with Crippen LogP contribution >= 0.6 is 15.9 Å². The summed E-state index contributed by atoms with van der Waals surface area (Å²) in [5.74, 6) is 0.598. The van der Waals surface area contributed by atoms with Gasteiger partial charge in [0.15, 0.2) is 0 Å². The molecule has 0 aliphatic heterocycles. The first-order valence-electron chi connectivity index (χ1n) is 4.18. The highest BCUT2D eigenvalue weighted by atomic mass is 79.9. The topological polar surface area (TPSA) is 0 Å². The molecule has 1 aromatic carbocycles. The lowest BCUT2D eigenvalue weighted by atomic mass is 9.99. The number of benzene rings is 1. The molecule has 0 saturated heterocycles. The fourth-order valence-corrected chi connectivity index (χ4v) is 2.36. The zero-order chi connectivity index (χ0) is 8.55. The van der Waals surface area contributed by atoms with Gasteiger partial charge in [0.2, 0.25) is 0 Å². The van der Waals surface area contributed by atoms with Gasteiger partial charge in [0.25, 0.3) is 0 Å². The van der Waals surface area contributed by atoms with Crippen molar-refractivity contribution in [3.8, 4) is 0 Å². The molecular formula is C11H11Br. The molecule has 0 nitrogen and oxygen atoms in total. The predicted octanol–water partition coefficient (Wildman–Crippen LogP) is 3.58. The number of rotatable bonds is 1. The molecule has 1 atom stereocenters. The summed E-state index contributed by atoms with van der Waals surface area (Å²) in [5.41, 5.74) is 4.34. The molecule has 12 heavy (non-hydrogen) atoms. The van der Waals surface area contributed by atoms with Gasteiger partial charge in [0.1, 0.15) is 0 Å². The fraction of sp³-hybridized carbons (Fsp3) is 0.273. The smallest absolute Gasteiger partial charge is 0.0251 e. The highest BCUT2D eigenvalue weighted by Gasteiger charge is 2.18. The molecule has 0 N–H and O–H groups in total. The Hall–Kier alpha value is -0.560. The Morgan fingerprint density at radius 3 is 2.75 bits per heavy atom. The van der Waals surface area contributed by atoms with Crippen molar-refractivity contribution in [1.82, 2.24) is 0 Å². The Balaban J connectivity index is 2.47. The maximum absolute atomic E-state index is 3.51. The van der Waals surface area contributed by atoms with Gasteiger partial charge in [0.05, 0.1) is 0 Å². The van der Waals surface area contributed by atoms with Crippen LogP contribution in [-0.4, -0.2) is 5.33 Å². The van der Waals surface area contributed by atoms with Crippen LogP contribution in [0.5, 0.6) is 0 Å². The third-order valence-corrected chi connectivity index (χ3v) is 3.16. The van der Waals surface area contributed by atoms with Gasteiger partial charge in [-0.3, -0.25) is 0 Å². The van der Waals surface area contributed by atoms with Crippen LogP contribution in [0.1, 0.15) is 24.0 Å².